The molecule has 0 saturated heterocycles. The van der Waals surface area contributed by atoms with Crippen LogP contribution in [0.25, 0.3) is 11.1 Å². The quantitative estimate of drug-likeness (QED) is 0.136. The number of aromatic nitrogens is 1. The van der Waals surface area contributed by atoms with Gasteiger partial charge in [0.2, 0.25) is 5.96 Å². The fourth-order valence-corrected chi connectivity index (χ4v) is 9.75. The Labute approximate surface area is 335 Å². The number of hydrogen-bond donors (Lipinski definition) is 3. The van der Waals surface area contributed by atoms with E-state index in [1.807, 2.05) is 30.4 Å². The van der Waals surface area contributed by atoms with Gasteiger partial charge in [0.15, 0.2) is 17.3 Å². The molecule has 3 aliphatic carbocycles. The molecule has 2 aromatic carbocycles. The van der Waals surface area contributed by atoms with Gasteiger partial charge in [-0.3, -0.25) is 14.9 Å². The SMILES string of the molecule is COC(=NC1=NC(c2ccc(C)s2)C2C(=O)C(c3ccc4oc(NC5=NC(c6ccc(C)cc6)C6C(=O)CCCC6N5)nc4c3)CCC2=N1)NC1=CC=CC(C)C1. The molecule has 4 aromatic rings. The van der Waals surface area contributed by atoms with Crippen molar-refractivity contribution in [2.24, 2.45) is 37.7 Å². The summed E-state index contributed by atoms with van der Waals surface area (Å²) < 4.78 is 11.8. The molecule has 13 heteroatoms. The number of amidine groups is 1. The van der Waals surface area contributed by atoms with Crippen LogP contribution in [0, 0.1) is 31.6 Å². The third-order valence-corrected chi connectivity index (χ3v) is 12.7. The van der Waals surface area contributed by atoms with Crippen molar-refractivity contribution in [2.75, 3.05) is 12.4 Å². The number of aryl methyl sites for hydroxylation is 2. The van der Waals surface area contributed by atoms with E-state index in [0.29, 0.717) is 60.2 Å². The lowest BCUT2D eigenvalue weighted by Crippen LogP contribution is -2.53. The van der Waals surface area contributed by atoms with Crippen molar-refractivity contribution in [2.45, 2.75) is 83.3 Å². The van der Waals surface area contributed by atoms with E-state index in [9.17, 15) is 9.59 Å². The Kier molecular flexibility index (Phi) is 9.93. The van der Waals surface area contributed by atoms with Crippen molar-refractivity contribution < 1.29 is 18.7 Å². The lowest BCUT2D eigenvalue weighted by atomic mass is 9.72. The van der Waals surface area contributed by atoms with Gasteiger partial charge < -0.3 is 19.8 Å². The number of nitrogens with one attached hydrogen (secondary N) is 3. The van der Waals surface area contributed by atoms with Crippen molar-refractivity contribution >= 4 is 63.7 Å². The van der Waals surface area contributed by atoms with Crippen LogP contribution in [0.3, 0.4) is 0 Å². The molecule has 7 atom stereocenters. The molecule has 2 saturated carbocycles. The van der Waals surface area contributed by atoms with Gasteiger partial charge in [-0.15, -0.1) is 11.3 Å². The zero-order valence-electron chi connectivity index (χ0n) is 32.5. The van der Waals surface area contributed by atoms with Crippen molar-refractivity contribution in [1.29, 1.82) is 0 Å². The Bertz CT molecular complexity index is 2420. The predicted octanol–water partition coefficient (Wildman–Crippen LogP) is 8.04. The monoisotopic (exact) mass is 782 g/mol. The Morgan fingerprint density at radius 2 is 1.84 bits per heavy atom. The number of hydrogen-bond acceptors (Lipinski definition) is 12. The number of carbonyl (C=O) groups excluding carboxylic acids is 2. The van der Waals surface area contributed by atoms with Crippen LogP contribution in [0.4, 0.5) is 6.01 Å². The first-order chi connectivity index (χ1) is 27.7. The minimum Gasteiger partial charge on any atom is -0.468 e. The summed E-state index contributed by atoms with van der Waals surface area (Å²) in [5.74, 6) is 0.470. The first kappa shape index (κ1) is 36.9. The Morgan fingerprint density at radius 1 is 1.00 bits per heavy atom. The number of nitrogens with zero attached hydrogens (tertiary/aromatic N) is 5. The normalized spacial score (nSPS) is 27.4. The number of benzene rings is 2. The average molecular weight is 783 g/mol. The van der Waals surface area contributed by atoms with Crippen molar-refractivity contribution in [3.05, 3.63) is 105 Å². The van der Waals surface area contributed by atoms with Gasteiger partial charge in [-0.2, -0.15) is 9.98 Å². The number of carbonyl (C=O) groups is 2. The van der Waals surface area contributed by atoms with Gasteiger partial charge in [-0.05, 0) is 93.3 Å². The summed E-state index contributed by atoms with van der Waals surface area (Å²) in [5, 5.41) is 10.0. The second-order valence-corrected chi connectivity index (χ2v) is 17.1. The molecule has 4 heterocycles. The highest BCUT2D eigenvalue weighted by atomic mass is 32.1. The molecule has 0 spiro atoms. The number of rotatable bonds is 5. The number of ether oxygens (including phenoxy) is 1. The van der Waals surface area contributed by atoms with Crippen LogP contribution in [0.5, 0.6) is 0 Å². The molecule has 9 rings (SSSR count). The molecule has 0 bridgehead atoms. The van der Waals surface area contributed by atoms with Gasteiger partial charge in [0.1, 0.15) is 17.3 Å². The molecule has 0 radical (unpaired) electrons. The fourth-order valence-electron chi connectivity index (χ4n) is 8.79. The molecule has 7 unspecified atom stereocenters. The maximum Gasteiger partial charge on any atom is 0.302 e. The third kappa shape index (κ3) is 7.48. The summed E-state index contributed by atoms with van der Waals surface area (Å²) in [6.07, 6.45) is 10.6. The lowest BCUT2D eigenvalue weighted by Gasteiger charge is -2.39. The van der Waals surface area contributed by atoms with Gasteiger partial charge in [-0.1, -0.05) is 55.0 Å². The molecule has 12 nitrogen and oxygen atoms in total. The van der Waals surface area contributed by atoms with E-state index >= 15 is 0 Å². The van der Waals surface area contributed by atoms with Crippen LogP contribution in [0.2, 0.25) is 0 Å². The first-order valence-corrected chi connectivity index (χ1v) is 20.6. The fraction of sp³-hybridized carbons (Fsp3) is 0.386. The maximum atomic E-state index is 14.6. The molecular weight excluding hydrogens is 737 g/mol. The van der Waals surface area contributed by atoms with Gasteiger partial charge >= 0.3 is 6.01 Å². The molecule has 2 aliphatic heterocycles. The Hall–Kier alpha value is -5.69. The van der Waals surface area contributed by atoms with E-state index in [-0.39, 0.29) is 35.5 Å². The van der Waals surface area contributed by atoms with Crippen LogP contribution in [-0.4, -0.2) is 53.4 Å². The number of aliphatic imine (C=N–C) groups is 4. The number of allylic oxidation sites excluding steroid dienone is 4. The van der Waals surface area contributed by atoms with E-state index in [0.717, 1.165) is 57.1 Å². The topological polar surface area (TPSA) is 155 Å². The summed E-state index contributed by atoms with van der Waals surface area (Å²) in [6.45, 7) is 6.27. The highest BCUT2D eigenvalue weighted by molar-refractivity contribution is 7.12. The minimum atomic E-state index is -0.510. The van der Waals surface area contributed by atoms with Gasteiger partial charge in [0.25, 0.3) is 6.02 Å². The van der Waals surface area contributed by atoms with E-state index in [4.69, 9.17) is 34.1 Å². The summed E-state index contributed by atoms with van der Waals surface area (Å²) in [6, 6.07) is 18.0. The van der Waals surface area contributed by atoms with Crippen molar-refractivity contribution in [3.8, 4) is 0 Å². The standard InChI is InChI=1S/C44H46N8O4S/c1-23-11-14-26(15-12-23)38-36-30(9-6-10-33(36)53)46-41(49-38)52-44-48-32-22-27(16-19-34(32)56-44)29-17-18-31-37(40(29)54)39(35-20-13-25(3)57-35)50-42(47-31)51-43(55-4)45-28-8-5-7-24(2)21-28/h5,7-8,11-16,19-20,22,24,29-30,36-39H,6,9-10,17-18,21H2,1-4H3,(H,45,50,51)(H2,46,48,49,52). The zero-order chi connectivity index (χ0) is 39.2. The molecule has 2 fully saturated rings. The summed E-state index contributed by atoms with van der Waals surface area (Å²) in [5.41, 5.74) is 6.09. The Morgan fingerprint density at radius 3 is 2.63 bits per heavy atom. The number of fused-ring (bicyclic) bond motifs is 3. The number of Topliss-reactive ketones (excluding diaryl/α,β-unsaturated/α-hetero) is 2. The molecule has 2 aromatic heterocycles. The minimum absolute atomic E-state index is 0.0346. The Balaban J connectivity index is 0.966. The van der Waals surface area contributed by atoms with E-state index in [1.165, 1.54) is 0 Å². The highest BCUT2D eigenvalue weighted by Crippen LogP contribution is 2.44. The van der Waals surface area contributed by atoms with E-state index in [1.54, 1.807) is 18.4 Å². The molecule has 5 aliphatic rings. The average Bonchev–Trinajstić information content (AvgIpc) is 3.82. The van der Waals surface area contributed by atoms with Gasteiger partial charge in [-0.25, -0.2) is 15.0 Å². The molecule has 57 heavy (non-hydrogen) atoms. The summed E-state index contributed by atoms with van der Waals surface area (Å²) >= 11 is 1.64. The second kappa shape index (κ2) is 15.3. The number of guanidine groups is 2. The van der Waals surface area contributed by atoms with Gasteiger partial charge in [0, 0.05) is 39.5 Å². The van der Waals surface area contributed by atoms with E-state index < -0.39 is 12.0 Å². The summed E-state index contributed by atoms with van der Waals surface area (Å²) in [7, 11) is 1.57. The zero-order valence-corrected chi connectivity index (χ0v) is 33.3. The van der Waals surface area contributed by atoms with Crippen LogP contribution in [0.1, 0.15) is 89.9 Å². The second-order valence-electron chi connectivity index (χ2n) is 15.7. The number of oxazole rings is 1. The molecule has 3 N–H and O–H groups in total. The van der Waals surface area contributed by atoms with Crippen LogP contribution < -0.4 is 16.0 Å². The molecule has 0 amide bonds. The molecule has 292 valence electrons. The van der Waals surface area contributed by atoms with Crippen molar-refractivity contribution in [3.63, 3.8) is 0 Å². The largest absolute Gasteiger partial charge is 0.468 e. The lowest BCUT2D eigenvalue weighted by molar-refractivity contribution is -0.126. The number of thiophene rings is 1. The highest BCUT2D eigenvalue weighted by Gasteiger charge is 2.45. The molecular formula is C44H46N8O4S. The van der Waals surface area contributed by atoms with Crippen LogP contribution in [-0.2, 0) is 14.3 Å². The van der Waals surface area contributed by atoms with Crippen LogP contribution in [0.15, 0.2) is 103 Å². The van der Waals surface area contributed by atoms with Crippen molar-refractivity contribution in [1.82, 2.24) is 15.6 Å². The van der Waals surface area contributed by atoms with Crippen LogP contribution >= 0.6 is 11.3 Å². The van der Waals surface area contributed by atoms with E-state index in [2.05, 4.69) is 79.2 Å². The number of methoxy groups -OCH3 is 1. The third-order valence-electron chi connectivity index (χ3n) is 11.6. The number of ketones is 2. The van der Waals surface area contributed by atoms with Gasteiger partial charge in [0.05, 0.1) is 25.0 Å². The smallest absolute Gasteiger partial charge is 0.302 e. The summed E-state index contributed by atoms with van der Waals surface area (Å²) in [4.78, 5) is 54.2. The predicted molar refractivity (Wildman–Crippen MR) is 224 cm³/mol. The number of anilines is 1. The first-order valence-electron chi connectivity index (χ1n) is 19.8. The maximum absolute atomic E-state index is 14.6.